The van der Waals surface area contributed by atoms with Crippen molar-refractivity contribution < 1.29 is 13.6 Å². The van der Waals surface area contributed by atoms with Gasteiger partial charge < -0.3 is 10.2 Å². The van der Waals surface area contributed by atoms with Crippen molar-refractivity contribution >= 4 is 5.91 Å². The Morgan fingerprint density at radius 3 is 1.94 bits per heavy atom. The highest BCUT2D eigenvalue weighted by molar-refractivity contribution is 5.94. The molecule has 2 fully saturated rings. The molecule has 1 N–H and O–H groups in total. The Hall–Kier alpha value is -3.05. The minimum absolute atomic E-state index is 0.0807. The first-order valence-corrected chi connectivity index (χ1v) is 13.1. The van der Waals surface area contributed by atoms with Crippen LogP contribution >= 0.6 is 0 Å². The molecule has 5 heteroatoms. The van der Waals surface area contributed by atoms with Crippen LogP contribution in [0.4, 0.5) is 8.78 Å². The van der Waals surface area contributed by atoms with Crippen molar-refractivity contribution in [1.29, 1.82) is 0 Å². The Labute approximate surface area is 212 Å². The fourth-order valence-electron chi connectivity index (χ4n) is 5.65. The highest BCUT2D eigenvalue weighted by atomic mass is 19.1. The summed E-state index contributed by atoms with van der Waals surface area (Å²) in [6, 6.07) is 20.7. The number of amides is 1. The molecule has 1 aliphatic heterocycles. The van der Waals surface area contributed by atoms with E-state index in [-0.39, 0.29) is 23.0 Å². The Morgan fingerprint density at radius 2 is 1.39 bits per heavy atom. The summed E-state index contributed by atoms with van der Waals surface area (Å²) in [5, 5.41) is 3.64. The van der Waals surface area contributed by atoms with Gasteiger partial charge in [0, 0.05) is 31.7 Å². The molecule has 0 unspecified atom stereocenters. The van der Waals surface area contributed by atoms with E-state index >= 15 is 0 Å². The van der Waals surface area contributed by atoms with Crippen LogP contribution in [0.5, 0.6) is 0 Å². The number of nitrogens with one attached hydrogen (secondary N) is 1. The number of hydrogen-bond donors (Lipinski definition) is 1. The zero-order valence-electron chi connectivity index (χ0n) is 20.7. The quantitative estimate of drug-likeness (QED) is 0.377. The average Bonchev–Trinajstić information content (AvgIpc) is 2.88. The van der Waals surface area contributed by atoms with Gasteiger partial charge in [-0.1, -0.05) is 55.7 Å². The van der Waals surface area contributed by atoms with Crippen molar-refractivity contribution in [2.45, 2.75) is 45.1 Å². The van der Waals surface area contributed by atoms with E-state index < -0.39 is 0 Å². The number of rotatable bonds is 8. The maximum absolute atomic E-state index is 13.2. The molecule has 0 atom stereocenters. The first-order valence-electron chi connectivity index (χ1n) is 13.1. The zero-order chi connectivity index (χ0) is 25.0. The lowest BCUT2D eigenvalue weighted by Gasteiger charge is -2.45. The van der Waals surface area contributed by atoms with E-state index in [9.17, 15) is 13.6 Å². The summed E-state index contributed by atoms with van der Waals surface area (Å²) in [5.74, 6) is 0.424. The van der Waals surface area contributed by atoms with Crippen LogP contribution in [0.15, 0.2) is 72.8 Å². The van der Waals surface area contributed by atoms with Crippen LogP contribution in [-0.2, 0) is 6.54 Å². The van der Waals surface area contributed by atoms with Gasteiger partial charge in [-0.15, -0.1) is 0 Å². The molecule has 36 heavy (non-hydrogen) atoms. The SMILES string of the molecule is O=C(c1ccc(-c2ccc(F)cc2)cc1)N1CCC(CNCc2ccc(F)cc2)(CC2CCC2)CC1. The molecule has 2 aliphatic rings. The summed E-state index contributed by atoms with van der Waals surface area (Å²) >= 11 is 0. The summed E-state index contributed by atoms with van der Waals surface area (Å²) < 4.78 is 26.4. The Bertz CT molecular complexity index is 1150. The summed E-state index contributed by atoms with van der Waals surface area (Å²) in [6.45, 7) is 3.19. The lowest BCUT2D eigenvalue weighted by molar-refractivity contribution is 0.0454. The standard InChI is InChI=1S/C31H34F2N2O/c32-28-12-4-24(5-13-28)21-34-22-31(20-23-2-1-3-23)16-18-35(19-17-31)30(36)27-8-6-25(7-9-27)26-10-14-29(33)15-11-26/h4-15,23,34H,1-3,16-22H2. The largest absolute Gasteiger partial charge is 0.339 e. The van der Waals surface area contributed by atoms with Crippen molar-refractivity contribution in [2.75, 3.05) is 19.6 Å². The van der Waals surface area contributed by atoms with Gasteiger partial charge in [-0.05, 0) is 83.7 Å². The monoisotopic (exact) mass is 488 g/mol. The number of hydrogen-bond acceptors (Lipinski definition) is 2. The Kier molecular flexibility index (Phi) is 7.47. The average molecular weight is 489 g/mol. The molecule has 1 amide bonds. The number of carbonyl (C=O) groups is 1. The van der Waals surface area contributed by atoms with E-state index in [2.05, 4.69) is 5.32 Å². The van der Waals surface area contributed by atoms with Gasteiger partial charge in [0.25, 0.3) is 5.91 Å². The number of piperidine rings is 1. The topological polar surface area (TPSA) is 32.3 Å². The minimum atomic E-state index is -0.255. The Morgan fingerprint density at radius 1 is 0.833 bits per heavy atom. The highest BCUT2D eigenvalue weighted by Crippen LogP contribution is 2.43. The van der Waals surface area contributed by atoms with Crippen molar-refractivity contribution in [2.24, 2.45) is 11.3 Å². The van der Waals surface area contributed by atoms with E-state index in [4.69, 9.17) is 0 Å². The van der Waals surface area contributed by atoms with Crippen LogP contribution in [0.2, 0.25) is 0 Å². The molecule has 5 rings (SSSR count). The maximum Gasteiger partial charge on any atom is 0.253 e. The number of nitrogens with zero attached hydrogens (tertiary/aromatic N) is 1. The first-order chi connectivity index (χ1) is 17.5. The smallest absolute Gasteiger partial charge is 0.253 e. The molecule has 3 aromatic rings. The van der Waals surface area contributed by atoms with Crippen LogP contribution in [0.25, 0.3) is 11.1 Å². The van der Waals surface area contributed by atoms with Crippen LogP contribution in [0.3, 0.4) is 0 Å². The Balaban J connectivity index is 1.19. The maximum atomic E-state index is 13.2. The molecular weight excluding hydrogens is 454 g/mol. The minimum Gasteiger partial charge on any atom is -0.339 e. The normalized spacial score (nSPS) is 17.6. The van der Waals surface area contributed by atoms with Crippen molar-refractivity contribution in [3.63, 3.8) is 0 Å². The second-order valence-corrected chi connectivity index (χ2v) is 10.6. The van der Waals surface area contributed by atoms with Crippen LogP contribution in [0, 0.1) is 23.0 Å². The molecule has 1 saturated carbocycles. The van der Waals surface area contributed by atoms with Crippen LogP contribution in [0.1, 0.15) is 54.4 Å². The summed E-state index contributed by atoms with van der Waals surface area (Å²) in [7, 11) is 0. The fourth-order valence-corrected chi connectivity index (χ4v) is 5.65. The molecule has 0 aromatic heterocycles. The molecule has 1 saturated heterocycles. The molecule has 0 bridgehead atoms. The summed E-state index contributed by atoms with van der Waals surface area (Å²) in [6.07, 6.45) is 7.20. The molecule has 3 nitrogen and oxygen atoms in total. The second-order valence-electron chi connectivity index (χ2n) is 10.6. The van der Waals surface area contributed by atoms with E-state index in [1.807, 2.05) is 41.3 Å². The lowest BCUT2D eigenvalue weighted by atomic mass is 9.67. The third kappa shape index (κ3) is 5.84. The highest BCUT2D eigenvalue weighted by Gasteiger charge is 2.38. The van der Waals surface area contributed by atoms with Crippen molar-refractivity contribution in [3.8, 4) is 11.1 Å². The van der Waals surface area contributed by atoms with Gasteiger partial charge in [-0.2, -0.15) is 0 Å². The summed E-state index contributed by atoms with van der Waals surface area (Å²) in [4.78, 5) is 15.2. The van der Waals surface area contributed by atoms with Gasteiger partial charge in [-0.3, -0.25) is 4.79 Å². The molecule has 188 valence electrons. The molecule has 3 aromatic carbocycles. The molecule has 0 spiro atoms. The molecular formula is C31H34F2N2O. The van der Waals surface area contributed by atoms with Crippen molar-refractivity contribution in [1.82, 2.24) is 10.2 Å². The van der Waals surface area contributed by atoms with E-state index in [0.717, 1.165) is 61.6 Å². The zero-order valence-corrected chi connectivity index (χ0v) is 20.7. The third-order valence-corrected chi connectivity index (χ3v) is 8.11. The lowest BCUT2D eigenvalue weighted by Crippen LogP contribution is -2.48. The fraction of sp³-hybridized carbons (Fsp3) is 0.387. The van der Waals surface area contributed by atoms with Gasteiger partial charge in [0.1, 0.15) is 11.6 Å². The number of halogens is 2. The molecule has 0 radical (unpaired) electrons. The predicted octanol–water partition coefficient (Wildman–Crippen LogP) is 6.83. The van der Waals surface area contributed by atoms with Gasteiger partial charge in [0.15, 0.2) is 0 Å². The first kappa shape index (κ1) is 24.6. The third-order valence-electron chi connectivity index (χ3n) is 8.11. The second kappa shape index (κ2) is 10.9. The van der Waals surface area contributed by atoms with E-state index in [1.54, 1.807) is 12.1 Å². The van der Waals surface area contributed by atoms with E-state index in [0.29, 0.717) is 5.56 Å². The summed E-state index contributed by atoms with van der Waals surface area (Å²) in [5.41, 5.74) is 3.89. The van der Waals surface area contributed by atoms with Crippen LogP contribution < -0.4 is 5.32 Å². The predicted molar refractivity (Wildman–Crippen MR) is 139 cm³/mol. The van der Waals surface area contributed by atoms with Gasteiger partial charge in [0.2, 0.25) is 0 Å². The molecule has 1 aliphatic carbocycles. The van der Waals surface area contributed by atoms with Gasteiger partial charge in [-0.25, -0.2) is 8.78 Å². The number of benzene rings is 3. The van der Waals surface area contributed by atoms with Crippen molar-refractivity contribution in [3.05, 3.63) is 95.6 Å². The number of carbonyl (C=O) groups excluding carboxylic acids is 1. The van der Waals surface area contributed by atoms with Gasteiger partial charge >= 0.3 is 0 Å². The van der Waals surface area contributed by atoms with Gasteiger partial charge in [0.05, 0.1) is 0 Å². The van der Waals surface area contributed by atoms with Crippen LogP contribution in [-0.4, -0.2) is 30.4 Å². The number of likely N-dealkylation sites (tertiary alicyclic amines) is 1. The van der Waals surface area contributed by atoms with E-state index in [1.165, 1.54) is 49.9 Å². The molecule has 1 heterocycles.